The normalized spacial score (nSPS) is 25.6. The number of rotatable bonds is 20. The van der Waals surface area contributed by atoms with Gasteiger partial charge in [-0.15, -0.1) is 0 Å². The van der Waals surface area contributed by atoms with Crippen molar-refractivity contribution in [1.29, 1.82) is 0 Å². The van der Waals surface area contributed by atoms with E-state index in [1.807, 2.05) is 121 Å². The van der Waals surface area contributed by atoms with E-state index >= 15 is 0 Å². The summed E-state index contributed by atoms with van der Waals surface area (Å²) in [6.45, 7) is -0.272. The molecule has 2 N–H and O–H groups in total. The number of amides is 2. The summed E-state index contributed by atoms with van der Waals surface area (Å²) in [5.41, 5.74) is 3.77. The molecule has 9 rings (SSSR count). The number of methoxy groups -OCH3 is 1. The molecule has 3 aliphatic heterocycles. The Kier molecular flexibility index (Phi) is 15.8. The Morgan fingerprint density at radius 2 is 0.957 bits per heavy atom. The number of hydrogen-bond acceptors (Lipinski definition) is 13. The Balaban J connectivity index is 1.12. The van der Waals surface area contributed by atoms with E-state index in [-0.39, 0.29) is 44.2 Å². The lowest BCUT2D eigenvalue weighted by Gasteiger charge is -2.50. The molecule has 358 valence electrons. The first-order valence-electron chi connectivity index (χ1n) is 23.0. The summed E-state index contributed by atoms with van der Waals surface area (Å²) in [5, 5.41) is 23.2. The fourth-order valence-corrected chi connectivity index (χ4v) is 8.87. The first-order valence-corrected chi connectivity index (χ1v) is 23.0. The van der Waals surface area contributed by atoms with Crippen molar-refractivity contribution in [2.24, 2.45) is 0 Å². The van der Waals surface area contributed by atoms with Crippen molar-refractivity contribution < 1.29 is 62.4 Å². The van der Waals surface area contributed by atoms with Crippen LogP contribution in [0.25, 0.3) is 0 Å². The molecular formula is C55H55NO13. The number of benzene rings is 6. The van der Waals surface area contributed by atoms with Crippen molar-refractivity contribution >= 4 is 11.8 Å². The lowest BCUT2D eigenvalue weighted by atomic mass is 9.93. The maximum atomic E-state index is 14.6. The summed E-state index contributed by atoms with van der Waals surface area (Å²) in [4.78, 5) is 30.4. The zero-order valence-electron chi connectivity index (χ0n) is 38.0. The van der Waals surface area contributed by atoms with Crippen molar-refractivity contribution in [1.82, 2.24) is 4.90 Å². The second-order valence-electron chi connectivity index (χ2n) is 17.0. The van der Waals surface area contributed by atoms with Gasteiger partial charge in [-0.05, 0) is 58.7 Å². The Bertz CT molecular complexity index is 2520. The molecule has 2 fully saturated rings. The molecule has 2 saturated heterocycles. The number of aliphatic hydroxyl groups excluding tert-OH is 2. The first-order chi connectivity index (χ1) is 33.9. The lowest BCUT2D eigenvalue weighted by molar-refractivity contribution is -0.359. The second kappa shape index (κ2) is 22.9. The van der Waals surface area contributed by atoms with E-state index < -0.39 is 79.8 Å². The third kappa shape index (κ3) is 11.3. The Hall–Kier alpha value is -6.30. The van der Waals surface area contributed by atoms with Crippen LogP contribution in [0, 0.1) is 0 Å². The van der Waals surface area contributed by atoms with Gasteiger partial charge in [0.2, 0.25) is 6.29 Å². The minimum Gasteiger partial charge on any atom is -0.497 e. The van der Waals surface area contributed by atoms with Gasteiger partial charge in [0.05, 0.1) is 57.9 Å². The Morgan fingerprint density at radius 3 is 1.46 bits per heavy atom. The summed E-state index contributed by atoms with van der Waals surface area (Å²) < 4.78 is 58.9. The third-order valence-corrected chi connectivity index (χ3v) is 12.4. The number of fused-ring (bicyclic) bond motifs is 1. The molecule has 0 radical (unpaired) electrons. The largest absolute Gasteiger partial charge is 0.497 e. The van der Waals surface area contributed by atoms with E-state index in [1.165, 1.54) is 0 Å². The van der Waals surface area contributed by atoms with Crippen molar-refractivity contribution in [3.05, 3.63) is 203 Å². The summed E-state index contributed by atoms with van der Waals surface area (Å²) in [7, 11) is 1.56. The van der Waals surface area contributed by atoms with Gasteiger partial charge in [0.25, 0.3) is 11.8 Å². The molecule has 0 unspecified atom stereocenters. The zero-order chi connectivity index (χ0) is 47.5. The van der Waals surface area contributed by atoms with Crippen LogP contribution < -0.4 is 9.47 Å². The smallest absolute Gasteiger partial charge is 0.262 e. The maximum absolute atomic E-state index is 14.6. The lowest BCUT2D eigenvalue weighted by Crippen LogP contribution is -2.69. The molecule has 0 bridgehead atoms. The number of imide groups is 1. The average Bonchev–Trinajstić information content (AvgIpc) is 3.64. The molecule has 10 atom stereocenters. The molecule has 0 aromatic heterocycles. The molecule has 0 aliphatic carbocycles. The molecular weight excluding hydrogens is 883 g/mol. The van der Waals surface area contributed by atoms with Crippen LogP contribution in [-0.4, -0.2) is 109 Å². The maximum Gasteiger partial charge on any atom is 0.262 e. The molecule has 3 aliphatic rings. The molecule has 6 aromatic rings. The van der Waals surface area contributed by atoms with E-state index in [0.717, 1.165) is 27.2 Å². The van der Waals surface area contributed by atoms with Gasteiger partial charge in [0.1, 0.15) is 60.3 Å². The third-order valence-electron chi connectivity index (χ3n) is 12.4. The average molecular weight is 938 g/mol. The van der Waals surface area contributed by atoms with Crippen molar-refractivity contribution in [2.75, 3.05) is 20.3 Å². The summed E-state index contributed by atoms with van der Waals surface area (Å²) in [6, 6.07) is 50.1. The van der Waals surface area contributed by atoms with Crippen molar-refractivity contribution in [3.8, 4) is 11.5 Å². The second-order valence-corrected chi connectivity index (χ2v) is 17.0. The highest BCUT2D eigenvalue weighted by atomic mass is 16.8. The standard InChI is InChI=1S/C55H55NO13/c1-61-40-26-28-41(29-27-40)66-54-46(56-52(59)42-24-14-15-25-43(42)53(56)60)50(64-33-38-20-10-4-11-21-38)49(45(68-54)35-62-31-36-16-6-2-7-17-36)69-55-51(65-34-39-22-12-5-13-23-39)47(58)48(44(30-57)67-55)63-32-37-18-8-3-9-19-37/h2-29,44-51,54-55,57-58H,30-35H2,1H3/t44-,45-,46-,47+,48-,49-,50-,51+,54-,55+/m1/s1. The monoisotopic (exact) mass is 937 g/mol. The number of carbonyl (C=O) groups excluding carboxylic acids is 2. The fourth-order valence-electron chi connectivity index (χ4n) is 8.87. The number of ether oxygens (including phenoxy) is 9. The van der Waals surface area contributed by atoms with Crippen LogP contribution in [0.5, 0.6) is 11.5 Å². The molecule has 14 nitrogen and oxygen atoms in total. The van der Waals surface area contributed by atoms with Crippen LogP contribution in [0.3, 0.4) is 0 Å². The number of nitrogens with zero attached hydrogens (tertiary/aromatic N) is 1. The van der Waals surface area contributed by atoms with E-state index in [9.17, 15) is 19.8 Å². The van der Waals surface area contributed by atoms with E-state index in [2.05, 4.69) is 0 Å². The predicted octanol–water partition coefficient (Wildman–Crippen LogP) is 6.90. The van der Waals surface area contributed by atoms with Crippen LogP contribution in [0.4, 0.5) is 0 Å². The van der Waals surface area contributed by atoms with Gasteiger partial charge in [-0.25, -0.2) is 0 Å². The van der Waals surface area contributed by atoms with Gasteiger partial charge in [-0.2, -0.15) is 0 Å². The van der Waals surface area contributed by atoms with Gasteiger partial charge >= 0.3 is 0 Å². The highest BCUT2D eigenvalue weighted by Crippen LogP contribution is 2.39. The molecule has 2 amide bonds. The zero-order valence-corrected chi connectivity index (χ0v) is 38.0. The highest BCUT2D eigenvalue weighted by Gasteiger charge is 2.58. The minimum absolute atomic E-state index is 0.00857. The quantitative estimate of drug-likeness (QED) is 0.0762. The first kappa shape index (κ1) is 47.8. The van der Waals surface area contributed by atoms with Crippen LogP contribution in [0.1, 0.15) is 43.0 Å². The van der Waals surface area contributed by atoms with Gasteiger partial charge < -0.3 is 52.8 Å². The Morgan fingerprint density at radius 1 is 0.507 bits per heavy atom. The molecule has 69 heavy (non-hydrogen) atoms. The summed E-state index contributed by atoms with van der Waals surface area (Å²) in [6.07, 6.45) is -11.0. The van der Waals surface area contributed by atoms with Gasteiger partial charge in [-0.1, -0.05) is 133 Å². The van der Waals surface area contributed by atoms with Crippen LogP contribution in [-0.2, 0) is 59.6 Å². The van der Waals surface area contributed by atoms with Crippen molar-refractivity contribution in [3.63, 3.8) is 0 Å². The molecule has 0 saturated carbocycles. The SMILES string of the molecule is COc1ccc(O[C@@H]2O[C@H](COCc3ccccc3)[C@@H](O[C@@H]3O[C@H](CO)[C@@H](OCc4ccccc4)[C@H](O)[C@@H]3OCc3ccccc3)[C@H](OCc3ccccc3)[C@H]2N2C(=O)c3ccccc3C2=O)cc1. The molecule has 6 aromatic carbocycles. The van der Waals surface area contributed by atoms with Gasteiger partial charge in [0, 0.05) is 0 Å². The topological polar surface area (TPSA) is 161 Å². The molecule has 3 heterocycles. The number of hydrogen-bond donors (Lipinski definition) is 2. The number of aliphatic hydroxyl groups is 2. The number of carbonyl (C=O) groups is 2. The molecule has 14 heteroatoms. The van der Waals surface area contributed by atoms with E-state index in [0.29, 0.717) is 11.5 Å². The Labute approximate surface area is 400 Å². The summed E-state index contributed by atoms with van der Waals surface area (Å²) >= 11 is 0. The van der Waals surface area contributed by atoms with Gasteiger partial charge in [-0.3, -0.25) is 14.5 Å². The van der Waals surface area contributed by atoms with Crippen LogP contribution >= 0.6 is 0 Å². The van der Waals surface area contributed by atoms with Gasteiger partial charge in [0.15, 0.2) is 6.29 Å². The highest BCUT2D eigenvalue weighted by molar-refractivity contribution is 6.21. The van der Waals surface area contributed by atoms with Crippen LogP contribution in [0.2, 0.25) is 0 Å². The summed E-state index contributed by atoms with van der Waals surface area (Å²) in [5.74, 6) is -0.217. The minimum atomic E-state index is -1.41. The molecule has 0 spiro atoms. The predicted molar refractivity (Wildman–Crippen MR) is 251 cm³/mol. The van der Waals surface area contributed by atoms with E-state index in [4.69, 9.17) is 42.6 Å². The van der Waals surface area contributed by atoms with Crippen molar-refractivity contribution in [2.45, 2.75) is 87.8 Å². The van der Waals surface area contributed by atoms with Crippen LogP contribution in [0.15, 0.2) is 170 Å². The fraction of sp³-hybridized carbons (Fsp3) is 0.309. The van der Waals surface area contributed by atoms with E-state index in [1.54, 1.807) is 55.6 Å².